The number of nitrogens with zero attached hydrogens (tertiary/aromatic N) is 1. The van der Waals surface area contributed by atoms with Crippen LogP contribution in [-0.2, 0) is 0 Å². The van der Waals surface area contributed by atoms with Crippen molar-refractivity contribution in [3.05, 3.63) is 48.6 Å². The fourth-order valence-corrected chi connectivity index (χ4v) is 3.42. The molecule has 1 aromatic carbocycles. The number of nitrogens with one attached hydrogen (secondary N) is 1. The fourth-order valence-electron chi connectivity index (χ4n) is 3.42. The highest BCUT2D eigenvalue weighted by Crippen LogP contribution is 2.28. The van der Waals surface area contributed by atoms with Crippen LogP contribution in [0, 0.1) is 5.92 Å². The maximum atomic E-state index is 3.92. The summed E-state index contributed by atoms with van der Waals surface area (Å²) in [6.45, 7) is 13.0. The Morgan fingerprint density at radius 2 is 2.00 bits per heavy atom. The molecule has 1 aromatic rings. The van der Waals surface area contributed by atoms with Crippen molar-refractivity contribution >= 4 is 0 Å². The van der Waals surface area contributed by atoms with Gasteiger partial charge in [-0.3, -0.25) is 4.90 Å². The minimum Gasteiger partial charge on any atom is -0.311 e. The lowest BCUT2D eigenvalue weighted by molar-refractivity contribution is 0.0836. The third-order valence-corrected chi connectivity index (χ3v) is 4.45. The van der Waals surface area contributed by atoms with Crippen LogP contribution in [0.4, 0.5) is 0 Å². The highest BCUT2D eigenvalue weighted by Gasteiger charge is 2.31. The molecule has 3 unspecified atom stereocenters. The van der Waals surface area contributed by atoms with Crippen molar-refractivity contribution in [1.29, 1.82) is 0 Å². The topological polar surface area (TPSA) is 15.3 Å². The fraction of sp³-hybridized carbons (Fsp3) is 0.579. The minimum absolute atomic E-state index is 0.476. The lowest BCUT2D eigenvalue weighted by atomic mass is 9.94. The van der Waals surface area contributed by atoms with Gasteiger partial charge in [0.05, 0.1) is 0 Å². The Labute approximate surface area is 130 Å². The molecule has 21 heavy (non-hydrogen) atoms. The second-order valence-electron chi connectivity index (χ2n) is 6.73. The summed E-state index contributed by atoms with van der Waals surface area (Å²) in [5, 5.41) is 3.76. The summed E-state index contributed by atoms with van der Waals surface area (Å²) in [6.07, 6.45) is 4.35. The Kier molecular flexibility index (Phi) is 6.01. The van der Waals surface area contributed by atoms with Crippen molar-refractivity contribution in [1.82, 2.24) is 10.2 Å². The zero-order valence-electron chi connectivity index (χ0n) is 13.8. The standard InChI is InChI=1S/C19H30N2/c1-5-9-16(4)21-14-18(12-15(2)3)20-13-19(21)17-10-7-6-8-11-17/h5-8,10-11,15-16,18-20H,1,9,12-14H2,2-4H3. The van der Waals surface area contributed by atoms with E-state index in [1.54, 1.807) is 0 Å². The van der Waals surface area contributed by atoms with Gasteiger partial charge in [0.15, 0.2) is 0 Å². The van der Waals surface area contributed by atoms with Gasteiger partial charge < -0.3 is 5.32 Å². The molecule has 0 spiro atoms. The molecule has 1 aliphatic heterocycles. The Bertz CT molecular complexity index is 426. The normalized spacial score (nSPS) is 25.0. The van der Waals surface area contributed by atoms with Crippen LogP contribution in [-0.4, -0.2) is 30.1 Å². The highest BCUT2D eigenvalue weighted by molar-refractivity contribution is 5.20. The molecule has 0 bridgehead atoms. The Morgan fingerprint density at radius 3 is 2.62 bits per heavy atom. The Morgan fingerprint density at radius 1 is 1.29 bits per heavy atom. The predicted octanol–water partition coefficient (Wildman–Crippen LogP) is 4.01. The van der Waals surface area contributed by atoms with Crippen LogP contribution < -0.4 is 5.32 Å². The number of rotatable bonds is 6. The molecule has 1 saturated heterocycles. The second kappa shape index (κ2) is 7.77. The van der Waals surface area contributed by atoms with Gasteiger partial charge in [-0.15, -0.1) is 6.58 Å². The molecule has 1 heterocycles. The van der Waals surface area contributed by atoms with Crippen molar-refractivity contribution in [3.8, 4) is 0 Å². The monoisotopic (exact) mass is 286 g/mol. The SMILES string of the molecule is C=CCC(C)N1CC(CC(C)C)NCC1c1ccccc1. The average molecular weight is 286 g/mol. The maximum absolute atomic E-state index is 3.92. The smallest absolute Gasteiger partial charge is 0.0476 e. The van der Waals surface area contributed by atoms with Crippen LogP contribution in [0.5, 0.6) is 0 Å². The van der Waals surface area contributed by atoms with Gasteiger partial charge in [0.2, 0.25) is 0 Å². The molecule has 0 aliphatic carbocycles. The number of benzene rings is 1. The predicted molar refractivity (Wildman–Crippen MR) is 91.4 cm³/mol. The lowest BCUT2D eigenvalue weighted by Crippen LogP contribution is -2.55. The molecule has 3 atom stereocenters. The van der Waals surface area contributed by atoms with E-state index in [2.05, 4.69) is 67.9 Å². The summed E-state index contributed by atoms with van der Waals surface area (Å²) in [5.41, 5.74) is 1.42. The van der Waals surface area contributed by atoms with Gasteiger partial charge in [0, 0.05) is 31.2 Å². The summed E-state index contributed by atoms with van der Waals surface area (Å²) in [5.74, 6) is 0.743. The van der Waals surface area contributed by atoms with Gasteiger partial charge in [0.25, 0.3) is 0 Å². The molecule has 1 N–H and O–H groups in total. The average Bonchev–Trinajstić information content (AvgIpc) is 2.48. The van der Waals surface area contributed by atoms with Gasteiger partial charge in [-0.1, -0.05) is 50.3 Å². The number of hydrogen-bond donors (Lipinski definition) is 1. The zero-order valence-corrected chi connectivity index (χ0v) is 13.8. The molecule has 0 aromatic heterocycles. The quantitative estimate of drug-likeness (QED) is 0.795. The van der Waals surface area contributed by atoms with Crippen molar-refractivity contribution in [2.24, 2.45) is 5.92 Å². The zero-order chi connectivity index (χ0) is 15.2. The van der Waals surface area contributed by atoms with E-state index in [4.69, 9.17) is 0 Å². The molecule has 1 fully saturated rings. The summed E-state index contributed by atoms with van der Waals surface area (Å²) >= 11 is 0. The van der Waals surface area contributed by atoms with E-state index in [0.29, 0.717) is 18.1 Å². The Balaban J connectivity index is 2.14. The van der Waals surface area contributed by atoms with Crippen LogP contribution >= 0.6 is 0 Å². The molecular formula is C19H30N2. The largest absolute Gasteiger partial charge is 0.311 e. The summed E-state index contributed by atoms with van der Waals surface area (Å²) in [6, 6.07) is 12.5. The van der Waals surface area contributed by atoms with Crippen LogP contribution in [0.15, 0.2) is 43.0 Å². The molecule has 2 rings (SSSR count). The van der Waals surface area contributed by atoms with Crippen LogP contribution in [0.3, 0.4) is 0 Å². The first-order valence-corrected chi connectivity index (χ1v) is 8.26. The van der Waals surface area contributed by atoms with Gasteiger partial charge in [-0.2, -0.15) is 0 Å². The molecule has 116 valence electrons. The molecule has 2 nitrogen and oxygen atoms in total. The molecule has 0 saturated carbocycles. The first-order chi connectivity index (χ1) is 10.1. The summed E-state index contributed by atoms with van der Waals surface area (Å²) in [7, 11) is 0. The summed E-state index contributed by atoms with van der Waals surface area (Å²) in [4.78, 5) is 2.67. The van der Waals surface area contributed by atoms with E-state index in [0.717, 1.165) is 25.4 Å². The third kappa shape index (κ3) is 4.42. The van der Waals surface area contributed by atoms with Gasteiger partial charge >= 0.3 is 0 Å². The molecule has 0 radical (unpaired) electrons. The van der Waals surface area contributed by atoms with Gasteiger partial charge in [-0.25, -0.2) is 0 Å². The van der Waals surface area contributed by atoms with E-state index in [-0.39, 0.29) is 0 Å². The first kappa shape index (κ1) is 16.3. The van der Waals surface area contributed by atoms with E-state index >= 15 is 0 Å². The molecule has 2 heteroatoms. The highest BCUT2D eigenvalue weighted by atomic mass is 15.3. The van der Waals surface area contributed by atoms with Crippen molar-refractivity contribution in [3.63, 3.8) is 0 Å². The van der Waals surface area contributed by atoms with E-state index in [9.17, 15) is 0 Å². The van der Waals surface area contributed by atoms with E-state index in [1.165, 1.54) is 12.0 Å². The summed E-state index contributed by atoms with van der Waals surface area (Å²) < 4.78 is 0. The number of piperazine rings is 1. The molecule has 0 amide bonds. The van der Waals surface area contributed by atoms with Gasteiger partial charge in [-0.05, 0) is 31.2 Å². The maximum Gasteiger partial charge on any atom is 0.0476 e. The third-order valence-electron chi connectivity index (χ3n) is 4.45. The van der Waals surface area contributed by atoms with Crippen LogP contribution in [0.1, 0.15) is 45.2 Å². The molecule has 1 aliphatic rings. The number of hydrogen-bond acceptors (Lipinski definition) is 2. The lowest BCUT2D eigenvalue weighted by Gasteiger charge is -2.44. The minimum atomic E-state index is 0.476. The molecular weight excluding hydrogens is 256 g/mol. The van der Waals surface area contributed by atoms with Crippen LogP contribution in [0.2, 0.25) is 0 Å². The van der Waals surface area contributed by atoms with Crippen molar-refractivity contribution < 1.29 is 0 Å². The van der Waals surface area contributed by atoms with Crippen LogP contribution in [0.25, 0.3) is 0 Å². The Hall–Kier alpha value is -1.12. The van der Waals surface area contributed by atoms with Gasteiger partial charge in [0.1, 0.15) is 0 Å². The second-order valence-corrected chi connectivity index (χ2v) is 6.73. The van der Waals surface area contributed by atoms with E-state index in [1.807, 2.05) is 6.08 Å². The van der Waals surface area contributed by atoms with Crippen molar-refractivity contribution in [2.75, 3.05) is 13.1 Å². The first-order valence-electron chi connectivity index (χ1n) is 8.26. The van der Waals surface area contributed by atoms with Crippen molar-refractivity contribution in [2.45, 2.75) is 51.7 Å². The van der Waals surface area contributed by atoms with E-state index < -0.39 is 0 Å².